The minimum atomic E-state index is -0.373. The monoisotopic (exact) mass is 420 g/mol. The summed E-state index contributed by atoms with van der Waals surface area (Å²) < 4.78 is 21.7. The van der Waals surface area contributed by atoms with Crippen LogP contribution in [0.2, 0.25) is 0 Å². The number of amides is 1. The van der Waals surface area contributed by atoms with E-state index in [1.54, 1.807) is 50.6 Å². The lowest BCUT2D eigenvalue weighted by atomic mass is 10.2. The van der Waals surface area contributed by atoms with Crippen LogP contribution in [0.4, 0.5) is 0 Å². The Hall–Kier alpha value is -4.00. The van der Waals surface area contributed by atoms with Crippen molar-refractivity contribution in [3.05, 3.63) is 83.9 Å². The Morgan fingerprint density at radius 1 is 0.871 bits per heavy atom. The quantitative estimate of drug-likeness (QED) is 0.399. The number of rotatable bonds is 10. The van der Waals surface area contributed by atoms with Gasteiger partial charge in [0.05, 0.1) is 20.4 Å². The van der Waals surface area contributed by atoms with Gasteiger partial charge in [-0.1, -0.05) is 30.3 Å². The highest BCUT2D eigenvalue weighted by molar-refractivity contribution is 5.83. The van der Waals surface area contributed by atoms with E-state index >= 15 is 0 Å². The maximum absolute atomic E-state index is 11.9. The molecule has 0 bridgehead atoms. The predicted octanol–water partition coefficient (Wildman–Crippen LogP) is 3.81. The van der Waals surface area contributed by atoms with Crippen molar-refractivity contribution in [2.75, 3.05) is 20.8 Å². The summed E-state index contributed by atoms with van der Waals surface area (Å²) in [5.41, 5.74) is 4.25. The van der Waals surface area contributed by atoms with Crippen LogP contribution in [0.1, 0.15) is 11.1 Å². The fourth-order valence-corrected chi connectivity index (χ4v) is 2.65. The third kappa shape index (κ3) is 6.78. The van der Waals surface area contributed by atoms with E-state index in [2.05, 4.69) is 10.5 Å². The van der Waals surface area contributed by atoms with Gasteiger partial charge in [0, 0.05) is 0 Å². The molecule has 7 nitrogen and oxygen atoms in total. The summed E-state index contributed by atoms with van der Waals surface area (Å²) in [6, 6.07) is 22.3. The number of hydrogen-bond acceptors (Lipinski definition) is 6. The maximum Gasteiger partial charge on any atom is 0.277 e. The number of carbonyl (C=O) groups excluding carboxylic acids is 1. The Kier molecular flexibility index (Phi) is 7.88. The van der Waals surface area contributed by atoms with Crippen molar-refractivity contribution >= 4 is 12.1 Å². The molecule has 0 radical (unpaired) electrons. The van der Waals surface area contributed by atoms with Crippen LogP contribution in [-0.4, -0.2) is 32.9 Å². The molecule has 0 saturated carbocycles. The van der Waals surface area contributed by atoms with Crippen LogP contribution in [0.5, 0.6) is 23.0 Å². The minimum absolute atomic E-state index is 0.154. The van der Waals surface area contributed by atoms with Gasteiger partial charge in [0.25, 0.3) is 5.91 Å². The molecule has 31 heavy (non-hydrogen) atoms. The molecule has 1 N–H and O–H groups in total. The first-order valence-corrected chi connectivity index (χ1v) is 9.61. The standard InChI is InChI=1S/C24H24N2O5/c1-28-20-9-11-21(12-10-20)30-17-24(27)26-25-15-19-8-13-22(23(14-19)29-2)31-16-18-6-4-3-5-7-18/h3-15H,16-17H2,1-2H3,(H,26,27)/b25-15+. The third-order valence-electron chi connectivity index (χ3n) is 4.26. The van der Waals surface area contributed by atoms with Crippen LogP contribution in [-0.2, 0) is 11.4 Å². The van der Waals surface area contributed by atoms with E-state index in [1.807, 2.05) is 36.4 Å². The first-order valence-electron chi connectivity index (χ1n) is 9.61. The zero-order valence-electron chi connectivity index (χ0n) is 17.4. The Bertz CT molecular complexity index is 1000. The van der Waals surface area contributed by atoms with Crippen LogP contribution in [0.25, 0.3) is 0 Å². The molecular weight excluding hydrogens is 396 g/mol. The summed E-state index contributed by atoms with van der Waals surface area (Å²) >= 11 is 0. The van der Waals surface area contributed by atoms with E-state index in [0.717, 1.165) is 11.1 Å². The number of benzene rings is 3. The van der Waals surface area contributed by atoms with Crippen molar-refractivity contribution in [2.45, 2.75) is 6.61 Å². The molecule has 0 aliphatic heterocycles. The van der Waals surface area contributed by atoms with Gasteiger partial charge in [-0.05, 0) is 53.6 Å². The number of nitrogens with one attached hydrogen (secondary N) is 1. The fraction of sp³-hybridized carbons (Fsp3) is 0.167. The minimum Gasteiger partial charge on any atom is -0.497 e. The normalized spacial score (nSPS) is 10.5. The molecule has 3 rings (SSSR count). The molecule has 0 saturated heterocycles. The van der Waals surface area contributed by atoms with Gasteiger partial charge in [0.15, 0.2) is 18.1 Å². The zero-order chi connectivity index (χ0) is 21.9. The van der Waals surface area contributed by atoms with Gasteiger partial charge in [0.1, 0.15) is 18.1 Å². The topological polar surface area (TPSA) is 78.4 Å². The summed E-state index contributed by atoms with van der Waals surface area (Å²) in [5, 5.41) is 3.96. The van der Waals surface area contributed by atoms with Gasteiger partial charge in [-0.25, -0.2) is 5.43 Å². The molecule has 160 valence electrons. The van der Waals surface area contributed by atoms with E-state index in [0.29, 0.717) is 29.6 Å². The van der Waals surface area contributed by atoms with Gasteiger partial charge in [0.2, 0.25) is 0 Å². The van der Waals surface area contributed by atoms with Crippen LogP contribution in [0.15, 0.2) is 77.9 Å². The lowest BCUT2D eigenvalue weighted by molar-refractivity contribution is -0.123. The van der Waals surface area contributed by atoms with E-state index in [1.165, 1.54) is 6.21 Å². The molecule has 3 aromatic rings. The lowest BCUT2D eigenvalue weighted by Crippen LogP contribution is -2.24. The molecule has 0 atom stereocenters. The number of hydrogen-bond donors (Lipinski definition) is 1. The Morgan fingerprint density at radius 2 is 1.61 bits per heavy atom. The van der Waals surface area contributed by atoms with Crippen LogP contribution in [0, 0.1) is 0 Å². The van der Waals surface area contributed by atoms with Crippen molar-refractivity contribution in [1.29, 1.82) is 0 Å². The Morgan fingerprint density at radius 3 is 2.32 bits per heavy atom. The first-order chi connectivity index (χ1) is 15.2. The van der Waals surface area contributed by atoms with Crippen molar-refractivity contribution in [3.8, 4) is 23.0 Å². The number of ether oxygens (including phenoxy) is 4. The third-order valence-corrected chi connectivity index (χ3v) is 4.26. The highest BCUT2D eigenvalue weighted by Gasteiger charge is 2.06. The maximum atomic E-state index is 11.9. The van der Waals surface area contributed by atoms with E-state index in [4.69, 9.17) is 18.9 Å². The molecule has 0 aliphatic carbocycles. The summed E-state index contributed by atoms with van der Waals surface area (Å²) in [4.78, 5) is 11.9. The second-order valence-corrected chi connectivity index (χ2v) is 6.44. The molecule has 0 unspecified atom stereocenters. The molecule has 1 amide bonds. The molecule has 0 aliphatic rings. The SMILES string of the molecule is COc1ccc(OCC(=O)N/N=C/c2ccc(OCc3ccccc3)c(OC)c2)cc1. The van der Waals surface area contributed by atoms with Gasteiger partial charge < -0.3 is 18.9 Å². The average molecular weight is 420 g/mol. The Labute approximate surface area is 181 Å². The molecule has 7 heteroatoms. The zero-order valence-corrected chi connectivity index (χ0v) is 17.4. The average Bonchev–Trinajstić information content (AvgIpc) is 2.82. The van der Waals surface area contributed by atoms with E-state index < -0.39 is 0 Å². The molecular formula is C24H24N2O5. The first kappa shape index (κ1) is 21.7. The highest BCUT2D eigenvalue weighted by atomic mass is 16.5. The molecule has 0 fully saturated rings. The second-order valence-electron chi connectivity index (χ2n) is 6.44. The largest absolute Gasteiger partial charge is 0.497 e. The van der Waals surface area contributed by atoms with Crippen molar-refractivity contribution in [3.63, 3.8) is 0 Å². The summed E-state index contributed by atoms with van der Waals surface area (Å²) in [6.45, 7) is 0.286. The summed E-state index contributed by atoms with van der Waals surface area (Å²) in [7, 11) is 3.16. The van der Waals surface area contributed by atoms with Crippen molar-refractivity contribution in [2.24, 2.45) is 5.10 Å². The van der Waals surface area contributed by atoms with Crippen LogP contribution < -0.4 is 24.4 Å². The van der Waals surface area contributed by atoms with Gasteiger partial charge in [-0.2, -0.15) is 5.10 Å². The van der Waals surface area contributed by atoms with Gasteiger partial charge in [-0.15, -0.1) is 0 Å². The number of nitrogens with zero attached hydrogens (tertiary/aromatic N) is 1. The van der Waals surface area contributed by atoms with Crippen LogP contribution >= 0.6 is 0 Å². The highest BCUT2D eigenvalue weighted by Crippen LogP contribution is 2.28. The summed E-state index contributed by atoms with van der Waals surface area (Å²) in [5.74, 6) is 2.11. The van der Waals surface area contributed by atoms with Crippen molar-refractivity contribution in [1.82, 2.24) is 5.43 Å². The van der Waals surface area contributed by atoms with Gasteiger partial charge in [-0.3, -0.25) is 4.79 Å². The summed E-state index contributed by atoms with van der Waals surface area (Å²) in [6.07, 6.45) is 1.52. The van der Waals surface area contributed by atoms with E-state index in [9.17, 15) is 4.79 Å². The molecule has 3 aromatic carbocycles. The predicted molar refractivity (Wildman–Crippen MR) is 118 cm³/mol. The number of hydrazone groups is 1. The number of methoxy groups -OCH3 is 2. The Balaban J connectivity index is 1.49. The van der Waals surface area contributed by atoms with E-state index in [-0.39, 0.29) is 12.5 Å². The van der Waals surface area contributed by atoms with Gasteiger partial charge >= 0.3 is 0 Å². The van der Waals surface area contributed by atoms with Crippen molar-refractivity contribution < 1.29 is 23.7 Å². The fourth-order valence-electron chi connectivity index (χ4n) is 2.65. The number of carbonyl (C=O) groups is 1. The smallest absolute Gasteiger partial charge is 0.277 e. The molecule has 0 aromatic heterocycles. The second kappa shape index (κ2) is 11.3. The lowest BCUT2D eigenvalue weighted by Gasteiger charge is -2.11. The molecule has 0 heterocycles. The molecule has 0 spiro atoms. The van der Waals surface area contributed by atoms with Crippen LogP contribution in [0.3, 0.4) is 0 Å².